The fourth-order valence-electron chi connectivity index (χ4n) is 4.93. The summed E-state index contributed by atoms with van der Waals surface area (Å²) in [5.74, 6) is -0.548. The van der Waals surface area contributed by atoms with Crippen LogP contribution in [0.25, 0.3) is 11.4 Å². The summed E-state index contributed by atoms with van der Waals surface area (Å²) in [4.78, 5) is 35.0. The summed E-state index contributed by atoms with van der Waals surface area (Å²) < 4.78 is 13.4. The number of carbonyl (C=O) groups excluding carboxylic acids is 2. The van der Waals surface area contributed by atoms with Gasteiger partial charge in [0.25, 0.3) is 11.7 Å². The second-order valence-corrected chi connectivity index (χ2v) is 9.65. The SMILES string of the molecule is CCOc1ccc(C2C(=C(O)c3nc4c(C)cccn4c3C)C(=O)C(=O)N2CCCN(C)C)cc1OCC. The van der Waals surface area contributed by atoms with Gasteiger partial charge in [-0.2, -0.15) is 0 Å². The molecule has 1 unspecified atom stereocenters. The molecule has 202 valence electrons. The van der Waals surface area contributed by atoms with Gasteiger partial charge in [0.05, 0.1) is 30.5 Å². The number of hydrogen-bond acceptors (Lipinski definition) is 7. The van der Waals surface area contributed by atoms with Crippen LogP contribution in [-0.2, 0) is 9.59 Å². The third-order valence-electron chi connectivity index (χ3n) is 6.74. The van der Waals surface area contributed by atoms with Crippen molar-refractivity contribution in [3.8, 4) is 11.5 Å². The maximum atomic E-state index is 13.5. The number of amides is 1. The van der Waals surface area contributed by atoms with E-state index in [4.69, 9.17) is 9.47 Å². The molecule has 1 aliphatic rings. The van der Waals surface area contributed by atoms with Gasteiger partial charge in [0.2, 0.25) is 0 Å². The van der Waals surface area contributed by atoms with Gasteiger partial charge in [-0.05, 0) is 84.1 Å². The molecule has 1 amide bonds. The van der Waals surface area contributed by atoms with E-state index < -0.39 is 17.7 Å². The lowest BCUT2D eigenvalue weighted by Gasteiger charge is -2.26. The number of ketones is 1. The number of hydrogen-bond donors (Lipinski definition) is 1. The first-order chi connectivity index (χ1) is 18.2. The summed E-state index contributed by atoms with van der Waals surface area (Å²) in [6, 6.07) is 8.43. The number of imidazole rings is 1. The molecule has 0 radical (unpaired) electrons. The van der Waals surface area contributed by atoms with Crippen LogP contribution >= 0.6 is 0 Å². The zero-order valence-corrected chi connectivity index (χ0v) is 22.9. The third-order valence-corrected chi connectivity index (χ3v) is 6.74. The van der Waals surface area contributed by atoms with E-state index in [0.29, 0.717) is 54.6 Å². The largest absolute Gasteiger partial charge is 0.505 e. The standard InChI is InChI=1S/C29H36N4O5/c1-7-37-21-13-12-20(17-22(21)38-8-2)25-23(27(35)29(36)33(25)16-10-14-31(5)6)26(34)24-19(4)32-15-9-11-18(3)28(32)30-24/h9,11-13,15,17,25,34H,7-8,10,14,16H2,1-6H3. The van der Waals surface area contributed by atoms with Crippen molar-refractivity contribution in [2.45, 2.75) is 40.2 Å². The summed E-state index contributed by atoms with van der Waals surface area (Å²) in [6.07, 6.45) is 2.53. The second-order valence-electron chi connectivity index (χ2n) is 9.65. The molecule has 1 aromatic carbocycles. The van der Waals surface area contributed by atoms with Crippen LogP contribution in [0.1, 0.15) is 48.8 Å². The van der Waals surface area contributed by atoms with Crippen LogP contribution in [-0.4, -0.2) is 76.4 Å². The number of carbonyl (C=O) groups is 2. The number of benzene rings is 1. The van der Waals surface area contributed by atoms with E-state index in [1.165, 1.54) is 0 Å². The van der Waals surface area contributed by atoms with Gasteiger partial charge in [0.15, 0.2) is 17.3 Å². The Hall–Kier alpha value is -3.85. The molecule has 1 saturated heterocycles. The number of likely N-dealkylation sites (tertiary alicyclic amines) is 1. The molecule has 3 heterocycles. The van der Waals surface area contributed by atoms with E-state index in [2.05, 4.69) is 4.98 Å². The fraction of sp³-hybridized carbons (Fsp3) is 0.414. The Bertz CT molecular complexity index is 1390. The molecule has 1 aliphatic heterocycles. The van der Waals surface area contributed by atoms with Crippen molar-refractivity contribution in [3.05, 3.63) is 64.6 Å². The number of aliphatic hydroxyl groups is 1. The number of aliphatic hydroxyl groups excluding tert-OH is 1. The van der Waals surface area contributed by atoms with Crippen molar-refractivity contribution in [1.29, 1.82) is 0 Å². The molecule has 3 aromatic rings. The number of Topliss-reactive ketones (excluding diaryl/α,β-unsaturated/α-hetero) is 1. The average molecular weight is 521 g/mol. The van der Waals surface area contributed by atoms with Gasteiger partial charge in [0.1, 0.15) is 11.3 Å². The molecule has 0 spiro atoms. The topological polar surface area (TPSA) is 96.6 Å². The Kier molecular flexibility index (Phi) is 8.06. The molecule has 1 N–H and O–H groups in total. The quantitative estimate of drug-likeness (QED) is 0.244. The van der Waals surface area contributed by atoms with E-state index >= 15 is 0 Å². The van der Waals surface area contributed by atoms with Gasteiger partial charge in [-0.1, -0.05) is 12.1 Å². The van der Waals surface area contributed by atoms with Crippen molar-refractivity contribution in [3.63, 3.8) is 0 Å². The molecular formula is C29H36N4O5. The molecule has 9 nitrogen and oxygen atoms in total. The Morgan fingerprint density at radius 3 is 2.45 bits per heavy atom. The molecule has 0 saturated carbocycles. The number of nitrogens with zero attached hydrogens (tertiary/aromatic N) is 4. The average Bonchev–Trinajstić information content (AvgIpc) is 3.35. The Balaban J connectivity index is 1.89. The van der Waals surface area contributed by atoms with E-state index in [0.717, 1.165) is 12.1 Å². The molecular weight excluding hydrogens is 484 g/mol. The lowest BCUT2D eigenvalue weighted by Crippen LogP contribution is -2.32. The van der Waals surface area contributed by atoms with E-state index in [9.17, 15) is 14.7 Å². The maximum absolute atomic E-state index is 13.5. The van der Waals surface area contributed by atoms with E-state index in [-0.39, 0.29) is 17.0 Å². The lowest BCUT2D eigenvalue weighted by molar-refractivity contribution is -0.139. The number of ether oxygens (including phenoxy) is 2. The summed E-state index contributed by atoms with van der Waals surface area (Å²) in [5.41, 5.74) is 3.26. The lowest BCUT2D eigenvalue weighted by atomic mass is 9.96. The van der Waals surface area contributed by atoms with Crippen LogP contribution in [0.5, 0.6) is 11.5 Å². The zero-order chi connectivity index (χ0) is 27.6. The van der Waals surface area contributed by atoms with Crippen LogP contribution in [0, 0.1) is 13.8 Å². The van der Waals surface area contributed by atoms with E-state index in [1.54, 1.807) is 17.0 Å². The van der Waals surface area contributed by atoms with Crippen molar-refractivity contribution < 1.29 is 24.2 Å². The number of rotatable bonds is 10. The van der Waals surface area contributed by atoms with Gasteiger partial charge in [-0.3, -0.25) is 9.59 Å². The minimum absolute atomic E-state index is 0.0237. The minimum atomic E-state index is -0.794. The summed E-state index contributed by atoms with van der Waals surface area (Å²) in [5, 5.41) is 11.6. The van der Waals surface area contributed by atoms with Gasteiger partial charge in [0, 0.05) is 12.7 Å². The monoisotopic (exact) mass is 520 g/mol. The van der Waals surface area contributed by atoms with Crippen LogP contribution in [0.4, 0.5) is 0 Å². The van der Waals surface area contributed by atoms with Gasteiger partial charge >= 0.3 is 0 Å². The minimum Gasteiger partial charge on any atom is -0.505 e. The van der Waals surface area contributed by atoms with Crippen LogP contribution < -0.4 is 9.47 Å². The first-order valence-electron chi connectivity index (χ1n) is 13.0. The highest BCUT2D eigenvalue weighted by molar-refractivity contribution is 6.46. The van der Waals surface area contributed by atoms with Crippen LogP contribution in [0.15, 0.2) is 42.1 Å². The zero-order valence-electron chi connectivity index (χ0n) is 22.9. The van der Waals surface area contributed by atoms with Gasteiger partial charge < -0.3 is 28.8 Å². The van der Waals surface area contributed by atoms with Crippen molar-refractivity contribution in [2.24, 2.45) is 0 Å². The smallest absolute Gasteiger partial charge is 0.295 e. The number of pyridine rings is 1. The molecule has 1 fully saturated rings. The molecule has 2 aromatic heterocycles. The predicted molar refractivity (Wildman–Crippen MR) is 146 cm³/mol. The predicted octanol–water partition coefficient (Wildman–Crippen LogP) is 4.12. The Morgan fingerprint density at radius 1 is 1.08 bits per heavy atom. The van der Waals surface area contributed by atoms with Gasteiger partial charge in [-0.25, -0.2) is 4.98 Å². The first kappa shape index (κ1) is 27.2. The molecule has 4 rings (SSSR count). The molecule has 0 bridgehead atoms. The second kappa shape index (κ2) is 11.3. The maximum Gasteiger partial charge on any atom is 0.295 e. The Morgan fingerprint density at radius 2 is 1.79 bits per heavy atom. The molecule has 9 heteroatoms. The number of aryl methyl sites for hydroxylation is 2. The normalized spacial score (nSPS) is 17.1. The van der Waals surface area contributed by atoms with Crippen molar-refractivity contribution >= 4 is 23.1 Å². The highest BCUT2D eigenvalue weighted by Gasteiger charge is 2.46. The summed E-state index contributed by atoms with van der Waals surface area (Å²) in [7, 11) is 3.92. The third kappa shape index (κ3) is 4.98. The van der Waals surface area contributed by atoms with Crippen molar-refractivity contribution in [2.75, 3.05) is 40.4 Å². The summed E-state index contributed by atoms with van der Waals surface area (Å²) in [6.45, 7) is 9.53. The Labute approximate surface area is 223 Å². The van der Waals surface area contributed by atoms with Crippen LogP contribution in [0.3, 0.4) is 0 Å². The fourth-order valence-corrected chi connectivity index (χ4v) is 4.93. The molecule has 1 atom stereocenters. The van der Waals surface area contributed by atoms with Crippen molar-refractivity contribution in [1.82, 2.24) is 19.2 Å². The summed E-state index contributed by atoms with van der Waals surface area (Å²) >= 11 is 0. The first-order valence-corrected chi connectivity index (χ1v) is 13.0. The highest BCUT2D eigenvalue weighted by Crippen LogP contribution is 2.42. The molecule has 0 aliphatic carbocycles. The van der Waals surface area contributed by atoms with Gasteiger partial charge in [-0.15, -0.1) is 0 Å². The number of fused-ring (bicyclic) bond motifs is 1. The van der Waals surface area contributed by atoms with Crippen LogP contribution in [0.2, 0.25) is 0 Å². The van der Waals surface area contributed by atoms with E-state index in [1.807, 2.05) is 75.5 Å². The number of aromatic nitrogens is 2. The molecule has 38 heavy (non-hydrogen) atoms. The highest BCUT2D eigenvalue weighted by atomic mass is 16.5.